The van der Waals surface area contributed by atoms with Crippen molar-refractivity contribution < 1.29 is 13.5 Å². The van der Waals surface area contributed by atoms with Gasteiger partial charge in [-0.25, -0.2) is 0 Å². The van der Waals surface area contributed by atoms with Crippen LogP contribution in [-0.4, -0.2) is 19.6 Å². The van der Waals surface area contributed by atoms with Crippen molar-refractivity contribution in [3.63, 3.8) is 0 Å². The van der Waals surface area contributed by atoms with Crippen molar-refractivity contribution in [2.24, 2.45) is 0 Å². The summed E-state index contributed by atoms with van der Waals surface area (Å²) in [7, 11) is -3.47. The molecule has 0 radical (unpaired) electrons. The minimum absolute atomic E-state index is 0.119. The number of hydrogen-bond acceptors (Lipinski definition) is 3. The van der Waals surface area contributed by atoms with Crippen LogP contribution in [0, 0.1) is 0 Å². The molecule has 0 amide bonds. The van der Waals surface area contributed by atoms with E-state index in [1.807, 2.05) is 0 Å². The summed E-state index contributed by atoms with van der Waals surface area (Å²) in [4.78, 5) is 0. The third-order valence-electron chi connectivity index (χ3n) is 1.77. The van der Waals surface area contributed by atoms with Gasteiger partial charge in [-0.3, -0.25) is 0 Å². The number of nitrogens with one attached hydrogen (secondary N) is 2. The third kappa shape index (κ3) is 4.61. The summed E-state index contributed by atoms with van der Waals surface area (Å²) in [6.07, 6.45) is 0. The summed E-state index contributed by atoms with van der Waals surface area (Å²) in [6, 6.07) is 6.29. The van der Waals surface area contributed by atoms with Crippen LogP contribution in [-0.2, 0) is 16.8 Å². The Bertz CT molecular complexity index is 443. The lowest BCUT2D eigenvalue weighted by Gasteiger charge is -2.10. The van der Waals surface area contributed by atoms with Crippen LogP contribution in [0.2, 0.25) is 0 Å². The lowest BCUT2D eigenvalue weighted by molar-refractivity contribution is 0.474. The summed E-state index contributed by atoms with van der Waals surface area (Å²) in [6.45, 7) is 3.64. The van der Waals surface area contributed by atoms with E-state index < -0.39 is 10.2 Å². The van der Waals surface area contributed by atoms with E-state index in [-0.39, 0.29) is 18.3 Å². The van der Waals surface area contributed by atoms with Crippen molar-refractivity contribution in [2.75, 3.05) is 0 Å². The maximum absolute atomic E-state index is 11.4. The van der Waals surface area contributed by atoms with Crippen molar-refractivity contribution in [3.05, 3.63) is 29.8 Å². The Balaban J connectivity index is 2.58. The molecule has 0 aliphatic carbocycles. The standard InChI is InChI=1S/C10H16N2O3S/c1-8(2)12-16(14,15)11-7-9-4-3-5-10(13)6-9/h3-6,8,11-13H,7H2,1-2H3. The molecule has 16 heavy (non-hydrogen) atoms. The van der Waals surface area contributed by atoms with Gasteiger partial charge in [-0.1, -0.05) is 12.1 Å². The molecule has 0 aliphatic rings. The lowest BCUT2D eigenvalue weighted by atomic mass is 10.2. The van der Waals surface area contributed by atoms with Gasteiger partial charge in [0.1, 0.15) is 5.75 Å². The molecule has 0 fully saturated rings. The Morgan fingerprint density at radius 1 is 1.38 bits per heavy atom. The number of aromatic hydroxyl groups is 1. The molecule has 1 aromatic rings. The predicted octanol–water partition coefficient (Wildman–Crippen LogP) is 0.725. The van der Waals surface area contributed by atoms with Gasteiger partial charge in [-0.2, -0.15) is 17.9 Å². The molecule has 1 rings (SSSR count). The quantitative estimate of drug-likeness (QED) is 0.714. The molecule has 0 heterocycles. The third-order valence-corrected chi connectivity index (χ3v) is 3.07. The SMILES string of the molecule is CC(C)NS(=O)(=O)NCc1cccc(O)c1. The maximum Gasteiger partial charge on any atom is 0.277 e. The van der Waals surface area contributed by atoms with Crippen molar-refractivity contribution in [2.45, 2.75) is 26.4 Å². The predicted molar refractivity (Wildman–Crippen MR) is 62.1 cm³/mol. The molecule has 0 atom stereocenters. The molecule has 0 aliphatic heterocycles. The normalized spacial score (nSPS) is 11.9. The lowest BCUT2D eigenvalue weighted by Crippen LogP contribution is -2.39. The fourth-order valence-corrected chi connectivity index (χ4v) is 2.26. The molecule has 90 valence electrons. The van der Waals surface area contributed by atoms with Crippen LogP contribution in [0.5, 0.6) is 5.75 Å². The molecule has 0 unspecified atom stereocenters. The average molecular weight is 244 g/mol. The van der Waals surface area contributed by atoms with Crippen molar-refractivity contribution in [3.8, 4) is 5.75 Å². The number of phenolic OH excluding ortho intramolecular Hbond substituents is 1. The molecular weight excluding hydrogens is 228 g/mol. The van der Waals surface area contributed by atoms with Crippen LogP contribution in [0.3, 0.4) is 0 Å². The zero-order chi connectivity index (χ0) is 12.2. The Morgan fingerprint density at radius 2 is 2.06 bits per heavy atom. The number of benzene rings is 1. The van der Waals surface area contributed by atoms with Gasteiger partial charge in [-0.05, 0) is 31.5 Å². The Hall–Kier alpha value is -1.11. The Kier molecular flexibility index (Phi) is 4.28. The molecule has 3 N–H and O–H groups in total. The van der Waals surface area contributed by atoms with Crippen LogP contribution in [0.15, 0.2) is 24.3 Å². The first-order chi connectivity index (χ1) is 7.39. The molecule has 5 nitrogen and oxygen atoms in total. The van der Waals surface area contributed by atoms with Gasteiger partial charge < -0.3 is 5.11 Å². The second-order valence-corrected chi connectivity index (χ2v) is 5.30. The van der Waals surface area contributed by atoms with E-state index in [1.54, 1.807) is 26.0 Å². The topological polar surface area (TPSA) is 78.4 Å². The van der Waals surface area contributed by atoms with E-state index in [2.05, 4.69) is 9.44 Å². The van der Waals surface area contributed by atoms with E-state index in [1.165, 1.54) is 12.1 Å². The van der Waals surface area contributed by atoms with Gasteiger partial charge in [0.05, 0.1) is 0 Å². The van der Waals surface area contributed by atoms with Gasteiger partial charge >= 0.3 is 0 Å². The zero-order valence-electron chi connectivity index (χ0n) is 9.27. The maximum atomic E-state index is 11.4. The first-order valence-corrected chi connectivity index (χ1v) is 6.42. The molecule has 0 spiro atoms. The second kappa shape index (κ2) is 5.29. The monoisotopic (exact) mass is 244 g/mol. The van der Waals surface area contributed by atoms with Gasteiger partial charge in [0, 0.05) is 12.6 Å². The van der Waals surface area contributed by atoms with E-state index in [0.717, 1.165) is 0 Å². The molecular formula is C10H16N2O3S. The van der Waals surface area contributed by atoms with Gasteiger partial charge in [0.15, 0.2) is 0 Å². The number of hydrogen-bond donors (Lipinski definition) is 3. The summed E-state index contributed by atoms with van der Waals surface area (Å²) < 4.78 is 27.6. The fraction of sp³-hybridized carbons (Fsp3) is 0.400. The Morgan fingerprint density at radius 3 is 2.62 bits per heavy atom. The summed E-state index contributed by atoms with van der Waals surface area (Å²) in [5.41, 5.74) is 0.703. The van der Waals surface area contributed by atoms with Crippen molar-refractivity contribution in [1.82, 2.24) is 9.44 Å². The van der Waals surface area contributed by atoms with Gasteiger partial charge in [0.2, 0.25) is 0 Å². The largest absolute Gasteiger partial charge is 0.508 e. The molecule has 0 saturated carbocycles. The van der Waals surface area contributed by atoms with E-state index in [4.69, 9.17) is 0 Å². The van der Waals surface area contributed by atoms with Crippen molar-refractivity contribution in [1.29, 1.82) is 0 Å². The van der Waals surface area contributed by atoms with E-state index in [9.17, 15) is 13.5 Å². The van der Waals surface area contributed by atoms with Crippen LogP contribution in [0.4, 0.5) is 0 Å². The zero-order valence-corrected chi connectivity index (χ0v) is 10.1. The number of rotatable bonds is 5. The van der Waals surface area contributed by atoms with Crippen LogP contribution in [0.1, 0.15) is 19.4 Å². The highest BCUT2D eigenvalue weighted by Crippen LogP contribution is 2.10. The molecule has 6 heteroatoms. The van der Waals surface area contributed by atoms with Gasteiger partial charge in [0.25, 0.3) is 10.2 Å². The molecule has 0 saturated heterocycles. The van der Waals surface area contributed by atoms with Crippen LogP contribution in [0.25, 0.3) is 0 Å². The molecule has 0 bridgehead atoms. The average Bonchev–Trinajstić information content (AvgIpc) is 2.13. The fourth-order valence-electron chi connectivity index (χ4n) is 1.20. The molecule has 1 aromatic carbocycles. The van der Waals surface area contributed by atoms with Crippen LogP contribution < -0.4 is 9.44 Å². The minimum Gasteiger partial charge on any atom is -0.508 e. The first kappa shape index (κ1) is 13.0. The van der Waals surface area contributed by atoms with Crippen LogP contribution >= 0.6 is 0 Å². The smallest absolute Gasteiger partial charge is 0.277 e. The van der Waals surface area contributed by atoms with E-state index >= 15 is 0 Å². The Labute approximate surface area is 95.7 Å². The minimum atomic E-state index is -3.47. The molecule has 0 aromatic heterocycles. The summed E-state index contributed by atoms with van der Waals surface area (Å²) in [5.74, 6) is 0.119. The first-order valence-electron chi connectivity index (χ1n) is 4.94. The van der Waals surface area contributed by atoms with E-state index in [0.29, 0.717) is 5.56 Å². The highest BCUT2D eigenvalue weighted by Gasteiger charge is 2.10. The highest BCUT2D eigenvalue weighted by molar-refractivity contribution is 7.87. The second-order valence-electron chi connectivity index (χ2n) is 3.77. The number of phenols is 1. The highest BCUT2D eigenvalue weighted by atomic mass is 32.2. The summed E-state index contributed by atoms with van der Waals surface area (Å²) >= 11 is 0. The summed E-state index contributed by atoms with van der Waals surface area (Å²) in [5, 5.41) is 9.20. The van der Waals surface area contributed by atoms with Crippen molar-refractivity contribution >= 4 is 10.2 Å². The van der Waals surface area contributed by atoms with Gasteiger partial charge in [-0.15, -0.1) is 0 Å².